The van der Waals surface area contributed by atoms with Gasteiger partial charge in [0.25, 0.3) is 5.91 Å². The minimum absolute atomic E-state index is 0.106. The zero-order valence-corrected chi connectivity index (χ0v) is 19.9. The van der Waals surface area contributed by atoms with E-state index in [1.165, 1.54) is 18.2 Å². The molecule has 0 spiro atoms. The van der Waals surface area contributed by atoms with Crippen LogP contribution in [0.3, 0.4) is 0 Å². The molecule has 0 N–H and O–H groups in total. The maximum absolute atomic E-state index is 13.4. The monoisotopic (exact) mass is 488 g/mol. The average Bonchev–Trinajstić information content (AvgIpc) is 2.84. The largest absolute Gasteiger partial charge is 0.490 e. The third-order valence-electron chi connectivity index (χ3n) is 6.40. The van der Waals surface area contributed by atoms with Crippen LogP contribution in [0.1, 0.15) is 32.1 Å². The molecule has 2 aromatic carbocycles. The molecule has 8 heteroatoms. The van der Waals surface area contributed by atoms with Gasteiger partial charge in [-0.25, -0.2) is 4.39 Å². The second kappa shape index (κ2) is 11.6. The van der Waals surface area contributed by atoms with Crippen LogP contribution in [0.2, 0.25) is 5.02 Å². The Hall–Kier alpha value is -2.80. The van der Waals surface area contributed by atoms with Gasteiger partial charge in [0.1, 0.15) is 23.4 Å². The summed E-state index contributed by atoms with van der Waals surface area (Å²) in [6.07, 6.45) is 3.92. The number of halogens is 2. The number of hydrogen-bond acceptors (Lipinski definition) is 4. The molecule has 0 radical (unpaired) electrons. The fourth-order valence-electron chi connectivity index (χ4n) is 4.59. The van der Waals surface area contributed by atoms with Crippen LogP contribution in [0.25, 0.3) is 0 Å². The Labute approximate surface area is 204 Å². The fourth-order valence-corrected chi connectivity index (χ4v) is 4.77. The van der Waals surface area contributed by atoms with Crippen molar-refractivity contribution < 1.29 is 23.5 Å². The maximum Gasteiger partial charge on any atom is 0.260 e. The number of piperidine rings is 2. The Morgan fingerprint density at radius 1 is 0.941 bits per heavy atom. The molecule has 2 fully saturated rings. The van der Waals surface area contributed by atoms with E-state index in [1.54, 1.807) is 23.1 Å². The van der Waals surface area contributed by atoms with E-state index in [1.807, 2.05) is 17.0 Å². The number of rotatable bonds is 7. The Morgan fingerprint density at radius 2 is 1.71 bits per heavy atom. The summed E-state index contributed by atoms with van der Waals surface area (Å²) in [5, 5.41) is 0.584. The quantitative estimate of drug-likeness (QED) is 0.573. The Bertz CT molecular complexity index is 998. The van der Waals surface area contributed by atoms with Crippen LogP contribution in [0.4, 0.5) is 4.39 Å². The molecule has 2 aromatic rings. The van der Waals surface area contributed by atoms with Crippen molar-refractivity contribution in [2.45, 2.75) is 38.2 Å². The number of carbonyl (C=O) groups excluding carboxylic acids is 2. The van der Waals surface area contributed by atoms with E-state index in [0.717, 1.165) is 32.4 Å². The minimum atomic E-state index is -0.416. The molecule has 0 unspecified atom stereocenters. The fraction of sp³-hybridized carbons (Fsp3) is 0.462. The van der Waals surface area contributed by atoms with E-state index in [0.29, 0.717) is 42.5 Å². The van der Waals surface area contributed by atoms with Crippen molar-refractivity contribution in [1.29, 1.82) is 0 Å². The van der Waals surface area contributed by atoms with E-state index in [-0.39, 0.29) is 30.4 Å². The number of ether oxygens (including phenoxy) is 2. The van der Waals surface area contributed by atoms with E-state index < -0.39 is 5.82 Å². The first-order chi connectivity index (χ1) is 16.5. The molecular weight excluding hydrogens is 459 g/mol. The van der Waals surface area contributed by atoms with Gasteiger partial charge in [0.15, 0.2) is 6.61 Å². The predicted molar refractivity (Wildman–Crippen MR) is 127 cm³/mol. The lowest BCUT2D eigenvalue weighted by atomic mass is 9.90. The molecule has 0 aromatic heterocycles. The highest BCUT2D eigenvalue weighted by Gasteiger charge is 2.35. The zero-order valence-electron chi connectivity index (χ0n) is 19.1. The van der Waals surface area contributed by atoms with Crippen LogP contribution >= 0.6 is 11.6 Å². The van der Waals surface area contributed by atoms with Gasteiger partial charge in [0, 0.05) is 56.0 Å². The molecule has 4 rings (SSSR count). The molecule has 182 valence electrons. The Morgan fingerprint density at radius 3 is 2.47 bits per heavy atom. The first-order valence-corrected chi connectivity index (χ1v) is 12.2. The number of nitrogens with zero attached hydrogens (tertiary/aromatic N) is 2. The van der Waals surface area contributed by atoms with Gasteiger partial charge < -0.3 is 19.3 Å². The summed E-state index contributed by atoms with van der Waals surface area (Å²) in [6.45, 7) is 2.28. The third-order valence-corrected chi connectivity index (χ3v) is 6.64. The number of benzene rings is 2. The summed E-state index contributed by atoms with van der Waals surface area (Å²) < 4.78 is 25.1. The number of likely N-dealkylation sites (tertiary alicyclic amines) is 2. The van der Waals surface area contributed by atoms with Crippen LogP contribution in [0, 0.1) is 11.7 Å². The molecule has 2 heterocycles. The van der Waals surface area contributed by atoms with Crippen molar-refractivity contribution in [2.24, 2.45) is 5.92 Å². The summed E-state index contributed by atoms with van der Waals surface area (Å²) in [5.74, 6) is 0.308. The summed E-state index contributed by atoms with van der Waals surface area (Å²) in [7, 11) is 0. The van der Waals surface area contributed by atoms with Gasteiger partial charge in [-0.05, 0) is 49.6 Å². The van der Waals surface area contributed by atoms with Crippen molar-refractivity contribution in [3.63, 3.8) is 0 Å². The number of carbonyl (C=O) groups is 2. The Balaban J connectivity index is 1.41. The highest BCUT2D eigenvalue weighted by molar-refractivity contribution is 6.30. The van der Waals surface area contributed by atoms with Crippen molar-refractivity contribution in [2.75, 3.05) is 32.8 Å². The van der Waals surface area contributed by atoms with Gasteiger partial charge >= 0.3 is 0 Å². The van der Waals surface area contributed by atoms with Crippen LogP contribution in [0.15, 0.2) is 48.5 Å². The summed E-state index contributed by atoms with van der Waals surface area (Å²) in [5.41, 5.74) is 0. The maximum atomic E-state index is 13.4. The van der Waals surface area contributed by atoms with Crippen LogP contribution < -0.4 is 9.47 Å². The predicted octanol–water partition coefficient (Wildman–Crippen LogP) is 4.56. The van der Waals surface area contributed by atoms with Gasteiger partial charge in [-0.3, -0.25) is 9.59 Å². The molecule has 2 aliphatic heterocycles. The van der Waals surface area contributed by atoms with Gasteiger partial charge in [-0.2, -0.15) is 0 Å². The lowest BCUT2D eigenvalue weighted by molar-refractivity contribution is -0.140. The van der Waals surface area contributed by atoms with Crippen molar-refractivity contribution in [3.8, 4) is 11.5 Å². The summed E-state index contributed by atoms with van der Waals surface area (Å²) in [6, 6.07) is 12.9. The van der Waals surface area contributed by atoms with Crippen molar-refractivity contribution in [1.82, 2.24) is 9.80 Å². The van der Waals surface area contributed by atoms with E-state index in [2.05, 4.69) is 0 Å². The van der Waals surface area contributed by atoms with Crippen LogP contribution in [-0.4, -0.2) is 60.5 Å². The minimum Gasteiger partial charge on any atom is -0.490 e. The molecule has 0 saturated carbocycles. The molecule has 0 aliphatic carbocycles. The van der Waals surface area contributed by atoms with Crippen molar-refractivity contribution >= 4 is 23.4 Å². The van der Waals surface area contributed by atoms with E-state index in [9.17, 15) is 14.0 Å². The van der Waals surface area contributed by atoms with E-state index >= 15 is 0 Å². The molecule has 2 atom stereocenters. The molecule has 0 bridgehead atoms. The lowest BCUT2D eigenvalue weighted by Gasteiger charge is -2.39. The second-order valence-electron chi connectivity index (χ2n) is 8.89. The van der Waals surface area contributed by atoms with Crippen molar-refractivity contribution in [3.05, 3.63) is 59.4 Å². The molecule has 2 saturated heterocycles. The topological polar surface area (TPSA) is 59.1 Å². The summed E-state index contributed by atoms with van der Waals surface area (Å²) >= 11 is 6.11. The smallest absolute Gasteiger partial charge is 0.260 e. The Kier molecular flexibility index (Phi) is 8.27. The van der Waals surface area contributed by atoms with Gasteiger partial charge in [-0.1, -0.05) is 23.7 Å². The van der Waals surface area contributed by atoms with Crippen LogP contribution in [0.5, 0.6) is 11.5 Å². The number of hydrogen-bond donors (Lipinski definition) is 0. The number of amides is 2. The van der Waals surface area contributed by atoms with Gasteiger partial charge in [-0.15, -0.1) is 0 Å². The third kappa shape index (κ3) is 6.63. The van der Waals surface area contributed by atoms with Gasteiger partial charge in [0.05, 0.1) is 0 Å². The first-order valence-electron chi connectivity index (χ1n) is 11.8. The zero-order chi connectivity index (χ0) is 23.9. The standard InChI is InChI=1S/C26H30ClFN2O4/c27-20-6-4-9-23(15-20)34-24-10-13-30(26(32)18-33-22-8-5-7-21(28)16-22)17-19(24)14-25(31)29-11-2-1-3-12-29/h4-9,15-16,19,24H,1-3,10-14,17-18H2/t19-,24-/m0/s1. The van der Waals surface area contributed by atoms with E-state index in [4.69, 9.17) is 21.1 Å². The van der Waals surface area contributed by atoms with Gasteiger partial charge in [0.2, 0.25) is 5.91 Å². The van der Waals surface area contributed by atoms with Crippen LogP contribution in [-0.2, 0) is 9.59 Å². The first kappa shape index (κ1) is 24.3. The normalized spacial score (nSPS) is 20.6. The highest BCUT2D eigenvalue weighted by atomic mass is 35.5. The lowest BCUT2D eigenvalue weighted by Crippen LogP contribution is -2.50. The molecule has 6 nitrogen and oxygen atoms in total. The second-order valence-corrected chi connectivity index (χ2v) is 9.33. The summed E-state index contributed by atoms with van der Waals surface area (Å²) in [4.78, 5) is 29.5. The molecule has 2 amide bonds. The molecule has 34 heavy (non-hydrogen) atoms. The average molecular weight is 489 g/mol. The molecule has 2 aliphatic rings. The highest BCUT2D eigenvalue weighted by Crippen LogP contribution is 2.28. The molecular formula is C26H30ClFN2O4. The SMILES string of the molecule is O=C(C[C@H]1CN(C(=O)COc2cccc(F)c2)CC[C@@H]1Oc1cccc(Cl)c1)N1CCCCC1.